The first kappa shape index (κ1) is 64.0. The van der Waals surface area contributed by atoms with Crippen molar-refractivity contribution in [3.05, 3.63) is 364 Å². The molecule has 0 saturated heterocycles. The van der Waals surface area contributed by atoms with Crippen molar-refractivity contribution in [3.8, 4) is 101 Å². The number of hydrogen-bond donors (Lipinski definition) is 0. The quantitative estimate of drug-likeness (QED) is 0.133. The number of thiophene rings is 2. The van der Waals surface area contributed by atoms with Crippen molar-refractivity contribution in [2.24, 2.45) is 0 Å². The van der Waals surface area contributed by atoms with Crippen molar-refractivity contribution in [1.29, 1.82) is 0 Å². The molecule has 0 aliphatic rings. The number of hydrogen-bond acceptors (Lipinski definition) is 9. The second-order valence-corrected chi connectivity index (χ2v) is 30.3. The van der Waals surface area contributed by atoms with Crippen LogP contribution < -0.4 is 0 Å². The van der Waals surface area contributed by atoms with Crippen LogP contribution in [0.2, 0.25) is 0 Å². The Kier molecular flexibility index (Phi) is 15.2. The third kappa shape index (κ3) is 10.9. The first-order valence-electron chi connectivity index (χ1n) is 37.3. The number of rotatable bonds is 9. The molecule has 0 saturated carbocycles. The van der Waals surface area contributed by atoms with Crippen LogP contribution in [0, 0.1) is 0 Å². The molecule has 111 heavy (non-hydrogen) atoms. The number of benzene rings is 15. The summed E-state index contributed by atoms with van der Waals surface area (Å²) in [5.74, 6) is 0.695. The maximum absolute atomic E-state index is 6.69. The summed E-state index contributed by atoms with van der Waals surface area (Å²) in [5, 5.41) is 16.6. The average molecular weight is 1450 g/mol. The van der Waals surface area contributed by atoms with E-state index in [1.807, 2.05) is 65.1 Å². The van der Waals surface area contributed by atoms with E-state index in [0.717, 1.165) is 139 Å². The molecule has 0 unspecified atom stereocenters. The highest BCUT2D eigenvalue weighted by molar-refractivity contribution is 7.27. The summed E-state index contributed by atoms with van der Waals surface area (Å²) in [7, 11) is 0. The van der Waals surface area contributed by atoms with Gasteiger partial charge in [-0.3, -0.25) is 0 Å². The fourth-order valence-electron chi connectivity index (χ4n) is 16.5. The van der Waals surface area contributed by atoms with Gasteiger partial charge in [-0.15, -0.1) is 22.7 Å². The predicted molar refractivity (Wildman–Crippen MR) is 467 cm³/mol. The fourth-order valence-corrected chi connectivity index (χ4v) is 19.0. The van der Waals surface area contributed by atoms with E-state index in [2.05, 4.69) is 322 Å². The molecule has 0 spiro atoms. The van der Waals surface area contributed by atoms with E-state index in [1.54, 1.807) is 0 Å². The van der Waals surface area contributed by atoms with Crippen LogP contribution in [0.15, 0.2) is 368 Å². The van der Waals surface area contributed by atoms with E-state index in [9.17, 15) is 0 Å². The van der Waals surface area contributed by atoms with Crippen LogP contribution in [0.3, 0.4) is 0 Å². The number of furan rings is 1. The predicted octanol–water partition coefficient (Wildman–Crippen LogP) is 28.3. The van der Waals surface area contributed by atoms with Gasteiger partial charge in [0, 0.05) is 139 Å². The standard InChI is InChI=1S/C59H35N3OS.C43H25N3S/c1-4-14-38(15-5-1)50-35-51(62-59(61-50)40-18-8-3-9-19-40)41-30-32-52-48(34-41)44-23-12-21-42(57(44)63-52)36-26-28-37(29-27-36)43-22-13-24-47-55-53(64-58(43)47)33-31-46-54(55)45-20-10-11-25-49(45)60-56(46)39-16-6-2-7-17-39;1-3-10-26(11-4-1)34-23-20-28-18-19-29-21-24-36(46-42(29)41(28)44-34)31-15-9-16-33-39-37(47-43(31)33)25-22-32-38(39)30-14-7-8-17-35(30)45-40(32)27-12-5-2-6-13-27/h1-35H;1-25H. The highest BCUT2D eigenvalue weighted by Gasteiger charge is 2.23. The molecule has 8 aromatic heterocycles. The van der Waals surface area contributed by atoms with Crippen LogP contribution in [-0.2, 0) is 0 Å². The van der Waals surface area contributed by atoms with Crippen LogP contribution in [0.4, 0.5) is 0 Å². The third-order valence-electron chi connectivity index (χ3n) is 21.7. The minimum absolute atomic E-state index is 0.695. The Bertz CT molecular complexity index is 7620. The molecule has 0 atom stereocenters. The van der Waals surface area contributed by atoms with Gasteiger partial charge in [-0.25, -0.2) is 29.9 Å². The molecular formula is C102H60N6OS2. The zero-order chi connectivity index (χ0) is 73.0. The second-order valence-electron chi connectivity index (χ2n) is 28.2. The molecule has 23 aromatic rings. The lowest BCUT2D eigenvalue weighted by Gasteiger charge is -2.11. The SMILES string of the molecule is c1ccc(-c2cc(-c3ccc4oc5c(-c6ccc(-c7cccc8c7sc7ccc9c(-c%10ccccc%10)nc%10ccccc%10c9c78)cc6)cccc5c4c3)nc(-c3ccccc3)n2)cc1.c1ccc(-c2ccc3ccc4ccc(-c5cccc6c5sc5ccc7c(-c8ccccc8)nc8ccccc8c7c56)nc4c3n2)cc1. The van der Waals surface area contributed by atoms with Crippen LogP contribution >= 0.6 is 22.7 Å². The van der Waals surface area contributed by atoms with Crippen molar-refractivity contribution in [3.63, 3.8) is 0 Å². The Hall–Kier alpha value is -14.2. The van der Waals surface area contributed by atoms with Gasteiger partial charge < -0.3 is 4.42 Å². The highest BCUT2D eigenvalue weighted by atomic mass is 32.1. The Morgan fingerprint density at radius 2 is 0.649 bits per heavy atom. The number of fused-ring (bicyclic) bond motifs is 20. The second kappa shape index (κ2) is 26.3. The highest BCUT2D eigenvalue weighted by Crippen LogP contribution is 2.50. The Morgan fingerprint density at radius 3 is 1.22 bits per heavy atom. The van der Waals surface area contributed by atoms with Crippen LogP contribution in [-0.4, -0.2) is 29.9 Å². The first-order valence-corrected chi connectivity index (χ1v) is 38.9. The van der Waals surface area contributed by atoms with E-state index in [4.69, 9.17) is 34.3 Å². The van der Waals surface area contributed by atoms with Crippen LogP contribution in [0.5, 0.6) is 0 Å². The van der Waals surface area contributed by atoms with Gasteiger partial charge in [-0.05, 0) is 77.4 Å². The van der Waals surface area contributed by atoms with Gasteiger partial charge in [0.05, 0.1) is 56.2 Å². The molecule has 23 rings (SSSR count). The van der Waals surface area contributed by atoms with E-state index >= 15 is 0 Å². The summed E-state index contributed by atoms with van der Waals surface area (Å²) >= 11 is 3.71. The summed E-state index contributed by atoms with van der Waals surface area (Å²) in [5.41, 5.74) is 23.3. The summed E-state index contributed by atoms with van der Waals surface area (Å²) in [6.45, 7) is 0. The normalized spacial score (nSPS) is 11.8. The molecular weight excluding hydrogens is 1390 g/mol. The molecule has 15 aromatic carbocycles. The monoisotopic (exact) mass is 1450 g/mol. The average Bonchev–Trinajstić information content (AvgIpc) is 1.61. The number of aromatic nitrogens is 6. The molecule has 0 aliphatic heterocycles. The van der Waals surface area contributed by atoms with Gasteiger partial charge in [0.2, 0.25) is 0 Å². The van der Waals surface area contributed by atoms with Gasteiger partial charge in [-0.2, -0.15) is 0 Å². The maximum Gasteiger partial charge on any atom is 0.160 e. The summed E-state index contributed by atoms with van der Waals surface area (Å²) < 4.78 is 11.7. The van der Waals surface area contributed by atoms with Crippen LogP contribution in [0.1, 0.15) is 0 Å². The van der Waals surface area contributed by atoms with E-state index in [0.29, 0.717) is 5.82 Å². The van der Waals surface area contributed by atoms with E-state index in [1.165, 1.54) is 83.8 Å². The van der Waals surface area contributed by atoms with Crippen molar-refractivity contribution >= 4 is 150 Å². The molecule has 516 valence electrons. The number of nitrogens with zero attached hydrogens (tertiary/aromatic N) is 6. The van der Waals surface area contributed by atoms with E-state index < -0.39 is 0 Å². The van der Waals surface area contributed by atoms with Crippen molar-refractivity contribution in [1.82, 2.24) is 29.9 Å². The lowest BCUT2D eigenvalue weighted by atomic mass is 9.95. The topological polar surface area (TPSA) is 90.5 Å². The van der Waals surface area contributed by atoms with Crippen LogP contribution in [0.25, 0.3) is 229 Å². The lowest BCUT2D eigenvalue weighted by molar-refractivity contribution is 0.670. The smallest absolute Gasteiger partial charge is 0.160 e. The molecule has 9 heteroatoms. The van der Waals surface area contributed by atoms with Crippen molar-refractivity contribution in [2.75, 3.05) is 0 Å². The molecule has 0 aliphatic carbocycles. The van der Waals surface area contributed by atoms with Gasteiger partial charge in [0.1, 0.15) is 11.2 Å². The Morgan fingerprint density at radius 1 is 0.225 bits per heavy atom. The minimum atomic E-state index is 0.695. The fraction of sp³-hybridized carbons (Fsp3) is 0. The minimum Gasteiger partial charge on any atom is -0.455 e. The third-order valence-corrected chi connectivity index (χ3v) is 24.1. The van der Waals surface area contributed by atoms with Crippen molar-refractivity contribution < 1.29 is 4.42 Å². The van der Waals surface area contributed by atoms with Gasteiger partial charge in [0.15, 0.2) is 5.82 Å². The lowest BCUT2D eigenvalue weighted by Crippen LogP contribution is -1.95. The molecule has 8 heterocycles. The zero-order valence-corrected chi connectivity index (χ0v) is 61.2. The molecule has 0 bridgehead atoms. The number of pyridine rings is 4. The van der Waals surface area contributed by atoms with Gasteiger partial charge in [-0.1, -0.05) is 303 Å². The molecule has 0 N–H and O–H groups in total. The summed E-state index contributed by atoms with van der Waals surface area (Å²) in [6, 6.07) is 128. The molecule has 7 nitrogen and oxygen atoms in total. The maximum atomic E-state index is 6.69. The Labute approximate surface area is 645 Å². The largest absolute Gasteiger partial charge is 0.455 e. The van der Waals surface area contributed by atoms with E-state index in [-0.39, 0.29) is 0 Å². The summed E-state index contributed by atoms with van der Waals surface area (Å²) in [4.78, 5) is 30.9. The first-order chi connectivity index (χ1) is 55.0. The molecule has 0 amide bonds. The number of para-hydroxylation sites is 3. The summed E-state index contributed by atoms with van der Waals surface area (Å²) in [6.07, 6.45) is 0. The zero-order valence-electron chi connectivity index (χ0n) is 59.5. The molecule has 0 fully saturated rings. The van der Waals surface area contributed by atoms with Gasteiger partial charge >= 0.3 is 0 Å². The van der Waals surface area contributed by atoms with Gasteiger partial charge in [0.25, 0.3) is 0 Å². The Balaban J connectivity index is 0.000000143. The van der Waals surface area contributed by atoms with Crippen molar-refractivity contribution in [2.45, 2.75) is 0 Å². The molecule has 0 radical (unpaired) electrons.